The van der Waals surface area contributed by atoms with Crippen molar-refractivity contribution in [3.63, 3.8) is 0 Å². The van der Waals surface area contributed by atoms with Gasteiger partial charge in [-0.15, -0.1) is 0 Å². The number of aromatic nitrogens is 1. The smallest absolute Gasteiger partial charge is 0.249 e. The van der Waals surface area contributed by atoms with Crippen molar-refractivity contribution < 1.29 is 4.79 Å². The van der Waals surface area contributed by atoms with Crippen molar-refractivity contribution in [2.45, 2.75) is 6.54 Å². The zero-order valence-corrected chi connectivity index (χ0v) is 20.4. The molecule has 1 amide bonds. The van der Waals surface area contributed by atoms with Gasteiger partial charge in [-0.05, 0) is 76.2 Å². The minimum Gasteiger partial charge on any atom is -0.366 e. The van der Waals surface area contributed by atoms with E-state index in [1.54, 1.807) is 12.1 Å². The van der Waals surface area contributed by atoms with Gasteiger partial charge in [-0.3, -0.25) is 4.79 Å². The first-order valence-electron chi connectivity index (χ1n) is 9.97. The van der Waals surface area contributed by atoms with E-state index in [2.05, 4.69) is 57.5 Å². The Labute approximate surface area is 208 Å². The fourth-order valence-corrected chi connectivity index (χ4v) is 5.35. The summed E-state index contributed by atoms with van der Waals surface area (Å²) < 4.78 is 3.41. The summed E-state index contributed by atoms with van der Waals surface area (Å²) in [7, 11) is 0. The first kappa shape index (κ1) is 21.3. The number of hydrogen-bond donors (Lipinski definition) is 1. The van der Waals surface area contributed by atoms with Crippen molar-refractivity contribution in [2.24, 2.45) is 5.73 Å². The highest BCUT2D eigenvalue weighted by Crippen LogP contribution is 2.37. The molecule has 5 rings (SSSR count). The summed E-state index contributed by atoms with van der Waals surface area (Å²) in [6, 6.07) is 25.8. The minimum absolute atomic E-state index is 0.436. The predicted molar refractivity (Wildman–Crippen MR) is 142 cm³/mol. The molecule has 0 bridgehead atoms. The second-order valence-electron chi connectivity index (χ2n) is 7.64. The van der Waals surface area contributed by atoms with Crippen LogP contribution in [0.2, 0.25) is 10.0 Å². The van der Waals surface area contributed by atoms with E-state index in [0.717, 1.165) is 32.9 Å². The van der Waals surface area contributed by atoms with Gasteiger partial charge in [-0.25, -0.2) is 0 Å². The maximum absolute atomic E-state index is 12.2. The maximum atomic E-state index is 12.2. The Kier molecular flexibility index (Phi) is 5.61. The summed E-state index contributed by atoms with van der Waals surface area (Å²) in [6.07, 6.45) is 0. The Morgan fingerprint density at radius 1 is 0.906 bits per heavy atom. The molecular weight excluding hydrogens is 554 g/mol. The van der Waals surface area contributed by atoms with E-state index in [9.17, 15) is 4.79 Å². The number of carbonyl (C=O) groups is 1. The van der Waals surface area contributed by atoms with Gasteiger partial charge in [0, 0.05) is 42.1 Å². The molecule has 0 saturated heterocycles. The number of benzene rings is 4. The molecule has 1 aromatic heterocycles. The summed E-state index contributed by atoms with van der Waals surface area (Å²) in [5, 5.41) is 3.04. The van der Waals surface area contributed by atoms with Crippen LogP contribution >= 0.6 is 45.8 Å². The average molecular weight is 571 g/mol. The molecule has 0 aliphatic heterocycles. The van der Waals surface area contributed by atoms with E-state index >= 15 is 0 Å². The largest absolute Gasteiger partial charge is 0.366 e. The third kappa shape index (κ3) is 3.76. The third-order valence-corrected chi connectivity index (χ3v) is 6.85. The van der Waals surface area contributed by atoms with E-state index in [-0.39, 0.29) is 0 Å². The molecule has 3 nitrogen and oxygen atoms in total. The highest BCUT2D eigenvalue weighted by molar-refractivity contribution is 14.1. The molecule has 0 fully saturated rings. The molecule has 0 unspecified atom stereocenters. The second kappa shape index (κ2) is 8.43. The lowest BCUT2D eigenvalue weighted by Gasteiger charge is -2.10. The van der Waals surface area contributed by atoms with Gasteiger partial charge in [0.25, 0.3) is 0 Å². The van der Waals surface area contributed by atoms with Crippen LogP contribution < -0.4 is 5.73 Å². The standard InChI is InChI=1S/C26H17Cl2IN2O/c27-17-8-10-19(22(28)13-17)16-7-9-20-24(12-16)31(14-15-3-1-4-18(29)11-15)23-6-2-5-21(25(20)23)26(30)32/h1-13H,14H2,(H2,30,32). The maximum Gasteiger partial charge on any atom is 0.249 e. The molecule has 4 aromatic carbocycles. The Bertz CT molecular complexity index is 1520. The number of nitrogens with two attached hydrogens (primary N) is 1. The Morgan fingerprint density at radius 2 is 1.72 bits per heavy atom. The summed E-state index contributed by atoms with van der Waals surface area (Å²) in [5.74, 6) is -0.436. The van der Waals surface area contributed by atoms with Crippen molar-refractivity contribution in [1.29, 1.82) is 0 Å². The monoisotopic (exact) mass is 570 g/mol. The van der Waals surface area contributed by atoms with Crippen LogP contribution in [0.1, 0.15) is 15.9 Å². The Balaban J connectivity index is 1.81. The number of halogens is 3. The van der Waals surface area contributed by atoms with Gasteiger partial charge in [0.05, 0.1) is 11.0 Å². The van der Waals surface area contributed by atoms with Gasteiger partial charge >= 0.3 is 0 Å². The Hall–Kier alpha value is -2.54. The second-order valence-corrected chi connectivity index (χ2v) is 9.73. The number of nitrogens with zero attached hydrogens (tertiary/aromatic N) is 1. The van der Waals surface area contributed by atoms with Crippen LogP contribution in [0.25, 0.3) is 32.9 Å². The van der Waals surface area contributed by atoms with E-state index in [0.29, 0.717) is 22.2 Å². The molecule has 1 heterocycles. The van der Waals surface area contributed by atoms with Gasteiger partial charge in [0.2, 0.25) is 5.91 Å². The summed E-state index contributed by atoms with van der Waals surface area (Å²) in [6.45, 7) is 0.664. The van der Waals surface area contributed by atoms with Crippen LogP contribution in [0.15, 0.2) is 78.9 Å². The fourth-order valence-electron chi connectivity index (χ4n) is 4.23. The van der Waals surface area contributed by atoms with E-state index in [4.69, 9.17) is 28.9 Å². The topological polar surface area (TPSA) is 48.0 Å². The number of primary amides is 1. The van der Waals surface area contributed by atoms with Crippen LogP contribution in [-0.4, -0.2) is 10.5 Å². The van der Waals surface area contributed by atoms with E-state index < -0.39 is 5.91 Å². The average Bonchev–Trinajstić information content (AvgIpc) is 3.07. The molecule has 0 spiro atoms. The van der Waals surface area contributed by atoms with Crippen LogP contribution in [0, 0.1) is 3.57 Å². The summed E-state index contributed by atoms with van der Waals surface area (Å²) in [5.41, 5.74) is 11.3. The number of carbonyl (C=O) groups excluding carboxylic acids is 1. The lowest BCUT2D eigenvalue weighted by atomic mass is 10.0. The first-order chi connectivity index (χ1) is 15.4. The van der Waals surface area contributed by atoms with Crippen LogP contribution in [0.5, 0.6) is 0 Å². The molecule has 0 aliphatic rings. The molecule has 0 aliphatic carbocycles. The molecule has 0 atom stereocenters. The van der Waals surface area contributed by atoms with Gasteiger partial charge < -0.3 is 10.3 Å². The molecule has 6 heteroatoms. The quantitative estimate of drug-likeness (QED) is 0.223. The van der Waals surface area contributed by atoms with Crippen molar-refractivity contribution in [1.82, 2.24) is 4.57 Å². The molecule has 0 radical (unpaired) electrons. The Morgan fingerprint density at radius 3 is 2.47 bits per heavy atom. The van der Waals surface area contributed by atoms with E-state index in [1.165, 1.54) is 9.13 Å². The number of rotatable bonds is 4. The highest BCUT2D eigenvalue weighted by atomic mass is 127. The zero-order valence-electron chi connectivity index (χ0n) is 16.8. The van der Waals surface area contributed by atoms with Crippen molar-refractivity contribution in [2.75, 3.05) is 0 Å². The molecule has 32 heavy (non-hydrogen) atoms. The van der Waals surface area contributed by atoms with E-state index in [1.807, 2.05) is 36.4 Å². The molecular formula is C26H17Cl2IN2O. The normalized spacial score (nSPS) is 11.3. The third-order valence-electron chi connectivity index (χ3n) is 5.63. The lowest BCUT2D eigenvalue weighted by Crippen LogP contribution is -2.11. The summed E-state index contributed by atoms with van der Waals surface area (Å²) >= 11 is 14.9. The van der Waals surface area contributed by atoms with Gasteiger partial charge in [0.15, 0.2) is 0 Å². The SMILES string of the molecule is NC(=O)c1cccc2c1c1ccc(-c3ccc(Cl)cc3Cl)cc1n2Cc1cccc(I)c1. The number of hydrogen-bond acceptors (Lipinski definition) is 1. The lowest BCUT2D eigenvalue weighted by molar-refractivity contribution is 0.100. The molecule has 2 N–H and O–H groups in total. The van der Waals surface area contributed by atoms with Gasteiger partial charge in [-0.1, -0.05) is 59.6 Å². The van der Waals surface area contributed by atoms with Crippen LogP contribution in [0.3, 0.4) is 0 Å². The van der Waals surface area contributed by atoms with Gasteiger partial charge in [-0.2, -0.15) is 0 Å². The summed E-state index contributed by atoms with van der Waals surface area (Å²) in [4.78, 5) is 12.2. The first-order valence-corrected chi connectivity index (χ1v) is 11.8. The van der Waals surface area contributed by atoms with Crippen LogP contribution in [0.4, 0.5) is 0 Å². The number of fused-ring (bicyclic) bond motifs is 3. The predicted octanol–water partition coefficient (Wildman–Crippen LogP) is 7.52. The van der Waals surface area contributed by atoms with Crippen molar-refractivity contribution in [3.05, 3.63) is 104 Å². The van der Waals surface area contributed by atoms with Crippen molar-refractivity contribution >= 4 is 73.5 Å². The fraction of sp³-hybridized carbons (Fsp3) is 0.0385. The van der Waals surface area contributed by atoms with Gasteiger partial charge in [0.1, 0.15) is 0 Å². The molecule has 0 saturated carbocycles. The highest BCUT2D eigenvalue weighted by Gasteiger charge is 2.18. The minimum atomic E-state index is -0.436. The molecule has 5 aromatic rings. The number of amides is 1. The van der Waals surface area contributed by atoms with Crippen LogP contribution in [-0.2, 0) is 6.54 Å². The zero-order chi connectivity index (χ0) is 22.4. The van der Waals surface area contributed by atoms with Crippen molar-refractivity contribution in [3.8, 4) is 11.1 Å². The molecule has 158 valence electrons.